The molecule has 0 bridgehead atoms. The molecule has 9 heteroatoms. The molecule has 1 saturated heterocycles. The second-order valence-corrected chi connectivity index (χ2v) is 7.28. The molecule has 0 aliphatic carbocycles. The number of imidazole rings is 1. The fourth-order valence-electron chi connectivity index (χ4n) is 3.67. The van der Waals surface area contributed by atoms with Gasteiger partial charge in [0.15, 0.2) is 11.2 Å². The van der Waals surface area contributed by atoms with Gasteiger partial charge in [-0.2, -0.15) is 4.98 Å². The number of anilines is 1. The van der Waals surface area contributed by atoms with Crippen LogP contribution in [-0.4, -0.2) is 56.2 Å². The van der Waals surface area contributed by atoms with E-state index in [1.165, 1.54) is 11.6 Å². The summed E-state index contributed by atoms with van der Waals surface area (Å²) >= 11 is 0. The molecule has 28 heavy (non-hydrogen) atoms. The monoisotopic (exact) mass is 391 g/mol. The number of aromatic nitrogens is 4. The molecule has 0 saturated carbocycles. The van der Waals surface area contributed by atoms with E-state index in [1.54, 1.807) is 17.7 Å². The number of hydrogen-bond acceptors (Lipinski definition) is 6. The molecule has 3 rings (SSSR count). The van der Waals surface area contributed by atoms with Gasteiger partial charge in [0.1, 0.15) is 0 Å². The predicted octanol–water partition coefficient (Wildman–Crippen LogP) is 0.378. The lowest BCUT2D eigenvalue weighted by Gasteiger charge is -2.23. The van der Waals surface area contributed by atoms with E-state index in [9.17, 15) is 14.7 Å². The van der Waals surface area contributed by atoms with E-state index in [0.717, 1.165) is 43.3 Å². The number of aliphatic hydroxyl groups is 1. The third-order valence-corrected chi connectivity index (χ3v) is 5.16. The van der Waals surface area contributed by atoms with Crippen LogP contribution in [0.5, 0.6) is 0 Å². The zero-order chi connectivity index (χ0) is 20.3. The zero-order valence-corrected chi connectivity index (χ0v) is 16.6. The zero-order valence-electron chi connectivity index (χ0n) is 16.6. The van der Waals surface area contributed by atoms with E-state index in [4.69, 9.17) is 4.74 Å². The van der Waals surface area contributed by atoms with Gasteiger partial charge < -0.3 is 19.3 Å². The van der Waals surface area contributed by atoms with Crippen molar-refractivity contribution in [2.75, 3.05) is 31.2 Å². The molecule has 0 radical (unpaired) electrons. The molecule has 9 nitrogen and oxygen atoms in total. The molecular weight excluding hydrogens is 362 g/mol. The Bertz CT molecular complexity index is 950. The summed E-state index contributed by atoms with van der Waals surface area (Å²) in [6, 6.07) is 0. The number of ether oxygens (including phenoxy) is 1. The Labute approximate surface area is 163 Å². The van der Waals surface area contributed by atoms with Crippen molar-refractivity contribution in [3.05, 3.63) is 33.5 Å². The van der Waals surface area contributed by atoms with Crippen molar-refractivity contribution in [1.82, 2.24) is 18.7 Å². The van der Waals surface area contributed by atoms with Gasteiger partial charge in [-0.1, -0.05) is 18.9 Å². The highest BCUT2D eigenvalue weighted by Crippen LogP contribution is 2.23. The summed E-state index contributed by atoms with van der Waals surface area (Å²) in [5, 5.41) is 10.5. The van der Waals surface area contributed by atoms with Gasteiger partial charge in [0, 0.05) is 27.2 Å². The van der Waals surface area contributed by atoms with Crippen LogP contribution in [0, 0.1) is 0 Å². The lowest BCUT2D eigenvalue weighted by atomic mass is 10.2. The summed E-state index contributed by atoms with van der Waals surface area (Å²) in [7, 11) is 3.06. The van der Waals surface area contributed by atoms with Crippen LogP contribution in [-0.2, 0) is 25.4 Å². The van der Waals surface area contributed by atoms with E-state index in [0.29, 0.717) is 23.7 Å². The number of rotatable bonds is 7. The third kappa shape index (κ3) is 3.90. The van der Waals surface area contributed by atoms with Crippen LogP contribution in [0.2, 0.25) is 0 Å². The van der Waals surface area contributed by atoms with Crippen molar-refractivity contribution in [1.29, 1.82) is 0 Å². The van der Waals surface area contributed by atoms with Crippen LogP contribution in [0.3, 0.4) is 0 Å². The van der Waals surface area contributed by atoms with Gasteiger partial charge in [0.25, 0.3) is 5.56 Å². The van der Waals surface area contributed by atoms with Crippen LogP contribution in [0.25, 0.3) is 11.2 Å². The largest absolute Gasteiger partial charge is 0.389 e. The summed E-state index contributed by atoms with van der Waals surface area (Å²) in [6.07, 6.45) is 5.22. The maximum atomic E-state index is 12.9. The highest BCUT2D eigenvalue weighted by Gasteiger charge is 2.24. The van der Waals surface area contributed by atoms with Crippen LogP contribution in [0.4, 0.5) is 5.95 Å². The molecule has 0 aromatic carbocycles. The number of aliphatic hydroxyl groups excluding tert-OH is 1. The average Bonchev–Trinajstić information content (AvgIpc) is 2.86. The second kappa shape index (κ2) is 8.74. The molecule has 3 heterocycles. The van der Waals surface area contributed by atoms with Gasteiger partial charge in [0.05, 0.1) is 25.9 Å². The third-order valence-electron chi connectivity index (χ3n) is 5.16. The Balaban J connectivity index is 2.10. The lowest BCUT2D eigenvalue weighted by molar-refractivity contribution is 0.0404. The molecule has 2 aromatic heterocycles. The first kappa shape index (κ1) is 20.3. The van der Waals surface area contributed by atoms with Gasteiger partial charge in [-0.15, -0.1) is 6.58 Å². The standard InChI is InChI=1S/C19H29N5O4/c1-4-11-28-13-14(25)12-24-15-16(21(2)19(27)22(3)17(15)26)20-18(24)23-9-7-5-6-8-10-23/h4,14,25H,1,5-13H2,2-3H3. The molecule has 1 atom stereocenters. The van der Waals surface area contributed by atoms with Gasteiger partial charge in [0.2, 0.25) is 5.95 Å². The fourth-order valence-corrected chi connectivity index (χ4v) is 3.67. The van der Waals surface area contributed by atoms with Crippen molar-refractivity contribution in [2.45, 2.75) is 38.3 Å². The Morgan fingerprint density at radius 2 is 1.86 bits per heavy atom. The van der Waals surface area contributed by atoms with Crippen LogP contribution >= 0.6 is 0 Å². The molecule has 0 amide bonds. The summed E-state index contributed by atoms with van der Waals surface area (Å²) in [4.78, 5) is 32.0. The number of fused-ring (bicyclic) bond motifs is 1. The lowest BCUT2D eigenvalue weighted by Crippen LogP contribution is -2.38. The molecule has 1 fully saturated rings. The Kier molecular flexibility index (Phi) is 6.35. The van der Waals surface area contributed by atoms with Crippen molar-refractivity contribution in [3.8, 4) is 0 Å². The van der Waals surface area contributed by atoms with Gasteiger partial charge in [-0.05, 0) is 12.8 Å². The van der Waals surface area contributed by atoms with Crippen molar-refractivity contribution in [3.63, 3.8) is 0 Å². The van der Waals surface area contributed by atoms with Crippen LogP contribution in [0.15, 0.2) is 22.2 Å². The molecule has 1 aliphatic rings. The molecule has 0 spiro atoms. The van der Waals surface area contributed by atoms with E-state index < -0.39 is 17.4 Å². The fraction of sp³-hybridized carbons (Fsp3) is 0.632. The molecule has 2 aromatic rings. The van der Waals surface area contributed by atoms with Gasteiger partial charge >= 0.3 is 5.69 Å². The first-order chi connectivity index (χ1) is 13.5. The topological polar surface area (TPSA) is 94.5 Å². The van der Waals surface area contributed by atoms with Gasteiger partial charge in [-0.3, -0.25) is 13.9 Å². The summed E-state index contributed by atoms with van der Waals surface area (Å²) in [6.45, 7) is 5.89. The minimum absolute atomic E-state index is 0.122. The summed E-state index contributed by atoms with van der Waals surface area (Å²) < 4.78 is 9.55. The highest BCUT2D eigenvalue weighted by atomic mass is 16.5. The van der Waals surface area contributed by atoms with E-state index in [2.05, 4.69) is 16.5 Å². The summed E-state index contributed by atoms with van der Waals surface area (Å²) in [5.74, 6) is 0.623. The molecule has 1 unspecified atom stereocenters. The molecule has 1 N–H and O–H groups in total. The number of hydrogen-bond donors (Lipinski definition) is 1. The SMILES string of the molecule is C=CCOCC(O)Cn1c(N2CCCCCC2)nc2c1c(=O)n(C)c(=O)n2C. The highest BCUT2D eigenvalue weighted by molar-refractivity contribution is 5.74. The first-order valence-corrected chi connectivity index (χ1v) is 9.73. The Morgan fingerprint density at radius 1 is 1.18 bits per heavy atom. The van der Waals surface area contributed by atoms with E-state index in [1.807, 2.05) is 0 Å². The average molecular weight is 391 g/mol. The van der Waals surface area contributed by atoms with Crippen molar-refractivity contribution in [2.24, 2.45) is 14.1 Å². The maximum absolute atomic E-state index is 12.9. The maximum Gasteiger partial charge on any atom is 0.332 e. The molecule has 1 aliphatic heterocycles. The van der Waals surface area contributed by atoms with Crippen molar-refractivity contribution < 1.29 is 9.84 Å². The van der Waals surface area contributed by atoms with E-state index >= 15 is 0 Å². The van der Waals surface area contributed by atoms with Gasteiger partial charge in [-0.25, -0.2) is 4.79 Å². The predicted molar refractivity (Wildman–Crippen MR) is 108 cm³/mol. The number of aryl methyl sites for hydroxylation is 1. The quantitative estimate of drug-likeness (QED) is 0.542. The Morgan fingerprint density at radius 3 is 2.50 bits per heavy atom. The molecular formula is C19H29N5O4. The first-order valence-electron chi connectivity index (χ1n) is 9.73. The smallest absolute Gasteiger partial charge is 0.332 e. The number of nitrogens with zero attached hydrogens (tertiary/aromatic N) is 5. The minimum atomic E-state index is -0.815. The van der Waals surface area contributed by atoms with Crippen LogP contribution in [0.1, 0.15) is 25.7 Å². The molecule has 154 valence electrons. The Hall–Kier alpha value is -2.39. The van der Waals surface area contributed by atoms with E-state index in [-0.39, 0.29) is 13.2 Å². The second-order valence-electron chi connectivity index (χ2n) is 7.28. The normalized spacial score (nSPS) is 16.3. The van der Waals surface area contributed by atoms with Crippen LogP contribution < -0.4 is 16.1 Å². The summed E-state index contributed by atoms with van der Waals surface area (Å²) in [5.41, 5.74) is -0.163. The minimum Gasteiger partial charge on any atom is -0.389 e. The van der Waals surface area contributed by atoms with Crippen molar-refractivity contribution >= 4 is 17.1 Å².